The molecule has 1 aliphatic heterocycles. The molecule has 0 spiro atoms. The summed E-state index contributed by atoms with van der Waals surface area (Å²) in [6.45, 7) is 2.16. The molecule has 14 nitrogen and oxygen atoms in total. The van der Waals surface area contributed by atoms with Crippen LogP contribution in [0.3, 0.4) is 0 Å². The Morgan fingerprint density at radius 1 is 0.831 bits per heavy atom. The molecule has 1 saturated carbocycles. The van der Waals surface area contributed by atoms with E-state index in [0.29, 0.717) is 32.1 Å². The Morgan fingerprint density at radius 2 is 1.47 bits per heavy atom. The summed E-state index contributed by atoms with van der Waals surface area (Å²) in [6, 6.07) is 20.9. The highest BCUT2D eigenvalue weighted by Crippen LogP contribution is 2.31. The lowest BCUT2D eigenvalue weighted by Crippen LogP contribution is -2.58. The molecule has 0 radical (unpaired) electrons. The lowest BCUT2D eigenvalue weighted by Gasteiger charge is -2.35. The molecule has 3 aromatic carbocycles. The van der Waals surface area contributed by atoms with Crippen molar-refractivity contribution < 1.29 is 43.4 Å². The van der Waals surface area contributed by atoms with E-state index in [1.165, 1.54) is 23.1 Å². The monoisotopic (exact) mass is 809 g/mol. The molecular weight excluding hydrogens is 755 g/mol. The van der Waals surface area contributed by atoms with Crippen molar-refractivity contribution >= 4 is 41.3 Å². The number of carboxylic acids is 1. The van der Waals surface area contributed by atoms with Gasteiger partial charge in [-0.25, -0.2) is 4.79 Å². The highest BCUT2D eigenvalue weighted by Gasteiger charge is 2.45. The maximum atomic E-state index is 14.7. The number of likely N-dealkylation sites (tertiary alicyclic amines) is 1. The van der Waals surface area contributed by atoms with E-state index in [9.17, 15) is 38.7 Å². The van der Waals surface area contributed by atoms with Crippen LogP contribution in [0.5, 0.6) is 0 Å². The third-order valence-corrected chi connectivity index (χ3v) is 11.2. The quantitative estimate of drug-likeness (QED) is 0.0813. The number of ketones is 1. The van der Waals surface area contributed by atoms with Crippen LogP contribution in [0.15, 0.2) is 84.9 Å². The van der Waals surface area contributed by atoms with Crippen LogP contribution in [-0.2, 0) is 35.3 Å². The van der Waals surface area contributed by atoms with Crippen LogP contribution < -0.4 is 21.7 Å². The van der Waals surface area contributed by atoms with Gasteiger partial charge < -0.3 is 36.4 Å². The second kappa shape index (κ2) is 21.8. The SMILES string of the molecule is CCCC(NC(=O)[C@@H]1C[C@@H](OCc2ccccc2)CN1C(=O)[C@@H](NC(=O)c1ccccc1C(=O)O)C1CCCCC1)C(=O)C(=O)NCCCC(C(N)=O)c1ccccc1. The Bertz CT molecular complexity index is 1940. The van der Waals surface area contributed by atoms with Gasteiger partial charge in [0.15, 0.2) is 0 Å². The number of ether oxygens (including phenoxy) is 1. The molecule has 14 heteroatoms. The number of carbonyl (C=O) groups excluding carboxylic acids is 6. The predicted octanol–water partition coefficient (Wildman–Crippen LogP) is 4.27. The topological polar surface area (TPSA) is 214 Å². The van der Waals surface area contributed by atoms with Gasteiger partial charge in [-0.3, -0.25) is 28.8 Å². The Balaban J connectivity index is 1.32. The van der Waals surface area contributed by atoms with Crippen molar-refractivity contribution in [1.82, 2.24) is 20.9 Å². The standard InChI is InChI=1S/C45H55N5O9/c1-2-15-36(39(51)43(55)47-25-14-24-33(40(46)52)30-18-8-4-9-19-30)48-42(54)37-26-32(59-28-29-16-6-3-7-17-29)27-50(37)44(56)38(31-20-10-5-11-21-31)49-41(53)34-22-12-13-23-35(34)45(57)58/h3-4,6-9,12-13,16-19,22-23,31-33,36-38H,2,5,10-11,14-15,20-21,24-28H2,1H3,(H2,46,52)(H,47,55)(H,48,54)(H,49,53)(H,57,58)/t32-,33?,36?,37+,38+/m1/s1. The molecule has 1 aliphatic carbocycles. The number of nitrogens with one attached hydrogen (secondary N) is 3. The van der Waals surface area contributed by atoms with Crippen molar-refractivity contribution in [3.05, 3.63) is 107 Å². The van der Waals surface area contributed by atoms with Gasteiger partial charge in [-0.05, 0) is 61.3 Å². The molecule has 6 N–H and O–H groups in total. The van der Waals surface area contributed by atoms with Gasteiger partial charge in [-0.2, -0.15) is 0 Å². The summed E-state index contributed by atoms with van der Waals surface area (Å²) in [4.78, 5) is 94.9. The first kappa shape index (κ1) is 44.2. The van der Waals surface area contributed by atoms with Gasteiger partial charge in [0.25, 0.3) is 11.8 Å². The number of carboxylic acid groups (broad SMARTS) is 1. The summed E-state index contributed by atoms with van der Waals surface area (Å²) in [5.74, 6) is -6.19. The number of aromatic carboxylic acids is 1. The Kier molecular flexibility index (Phi) is 16.3. The summed E-state index contributed by atoms with van der Waals surface area (Å²) < 4.78 is 6.23. The minimum absolute atomic E-state index is 0.0245. The summed E-state index contributed by atoms with van der Waals surface area (Å²) in [7, 11) is 0. The fourth-order valence-corrected chi connectivity index (χ4v) is 8.05. The van der Waals surface area contributed by atoms with Gasteiger partial charge in [0, 0.05) is 19.5 Å². The summed E-state index contributed by atoms with van der Waals surface area (Å²) >= 11 is 0. The number of carbonyl (C=O) groups is 7. The Hall–Kier alpha value is -5.89. The fourth-order valence-electron chi connectivity index (χ4n) is 8.05. The predicted molar refractivity (Wildman–Crippen MR) is 219 cm³/mol. The summed E-state index contributed by atoms with van der Waals surface area (Å²) in [6.07, 6.45) is 4.81. The third kappa shape index (κ3) is 12.1. The summed E-state index contributed by atoms with van der Waals surface area (Å²) in [5, 5.41) is 18.0. The third-order valence-electron chi connectivity index (χ3n) is 11.2. The van der Waals surface area contributed by atoms with Crippen molar-refractivity contribution in [3.63, 3.8) is 0 Å². The molecule has 2 fully saturated rings. The number of nitrogens with zero attached hydrogens (tertiary/aromatic N) is 1. The fraction of sp³-hybridized carbons (Fsp3) is 0.444. The van der Waals surface area contributed by atoms with Gasteiger partial charge in [0.1, 0.15) is 12.1 Å². The number of hydrogen-bond acceptors (Lipinski definition) is 8. The van der Waals surface area contributed by atoms with Crippen molar-refractivity contribution in [2.24, 2.45) is 11.7 Å². The second-order valence-corrected chi connectivity index (χ2v) is 15.3. The van der Waals surface area contributed by atoms with E-state index in [-0.39, 0.29) is 49.6 Å². The minimum Gasteiger partial charge on any atom is -0.478 e. The highest BCUT2D eigenvalue weighted by molar-refractivity contribution is 6.38. The van der Waals surface area contributed by atoms with E-state index < -0.39 is 71.4 Å². The number of primary amides is 1. The second-order valence-electron chi connectivity index (χ2n) is 15.3. The number of amides is 5. The molecule has 1 heterocycles. The molecule has 1 saturated heterocycles. The average molecular weight is 810 g/mol. The zero-order valence-corrected chi connectivity index (χ0v) is 33.5. The van der Waals surface area contributed by atoms with E-state index in [4.69, 9.17) is 10.5 Å². The number of benzene rings is 3. The maximum absolute atomic E-state index is 14.7. The molecule has 5 atom stereocenters. The van der Waals surface area contributed by atoms with E-state index in [0.717, 1.165) is 30.4 Å². The zero-order valence-electron chi connectivity index (χ0n) is 33.5. The van der Waals surface area contributed by atoms with Gasteiger partial charge in [-0.1, -0.05) is 105 Å². The number of Topliss-reactive ketones (excluding diaryl/α,β-unsaturated/α-hetero) is 1. The van der Waals surface area contributed by atoms with Crippen LogP contribution >= 0.6 is 0 Å². The number of hydrogen-bond donors (Lipinski definition) is 5. The average Bonchev–Trinajstić information content (AvgIpc) is 3.69. The van der Waals surface area contributed by atoms with E-state index in [2.05, 4.69) is 16.0 Å². The zero-order chi connectivity index (χ0) is 42.3. The molecule has 0 bridgehead atoms. The van der Waals surface area contributed by atoms with Gasteiger partial charge in [-0.15, -0.1) is 0 Å². The lowest BCUT2D eigenvalue weighted by atomic mass is 9.83. The van der Waals surface area contributed by atoms with Crippen LogP contribution in [0.25, 0.3) is 0 Å². The molecule has 2 aliphatic rings. The van der Waals surface area contributed by atoms with Gasteiger partial charge in [0.05, 0.1) is 35.8 Å². The van der Waals surface area contributed by atoms with Crippen LogP contribution in [0.4, 0.5) is 0 Å². The first-order valence-corrected chi connectivity index (χ1v) is 20.5. The number of nitrogens with two attached hydrogens (primary N) is 1. The first-order valence-electron chi connectivity index (χ1n) is 20.5. The normalized spacial score (nSPS) is 18.2. The van der Waals surface area contributed by atoms with Crippen molar-refractivity contribution in [2.75, 3.05) is 13.1 Å². The molecule has 2 unspecified atom stereocenters. The smallest absolute Gasteiger partial charge is 0.336 e. The van der Waals surface area contributed by atoms with E-state index in [1.807, 2.05) is 55.5 Å². The molecule has 314 valence electrons. The van der Waals surface area contributed by atoms with Crippen LogP contribution in [0.1, 0.15) is 109 Å². The lowest BCUT2D eigenvalue weighted by molar-refractivity contribution is -0.143. The molecule has 59 heavy (non-hydrogen) atoms. The Labute approximate surface area is 344 Å². The van der Waals surface area contributed by atoms with Crippen LogP contribution in [-0.4, -0.2) is 88.6 Å². The van der Waals surface area contributed by atoms with E-state index >= 15 is 0 Å². The minimum atomic E-state index is -1.28. The first-order chi connectivity index (χ1) is 28.5. The van der Waals surface area contributed by atoms with Crippen molar-refractivity contribution in [3.8, 4) is 0 Å². The van der Waals surface area contributed by atoms with E-state index in [1.54, 1.807) is 18.2 Å². The number of rotatable bonds is 20. The summed E-state index contributed by atoms with van der Waals surface area (Å²) in [5.41, 5.74) is 7.00. The Morgan fingerprint density at radius 3 is 2.12 bits per heavy atom. The largest absolute Gasteiger partial charge is 0.478 e. The van der Waals surface area contributed by atoms with Crippen molar-refractivity contribution in [1.29, 1.82) is 0 Å². The highest BCUT2D eigenvalue weighted by atomic mass is 16.5. The van der Waals surface area contributed by atoms with Gasteiger partial charge in [0.2, 0.25) is 23.5 Å². The molecule has 0 aromatic heterocycles. The van der Waals surface area contributed by atoms with Crippen LogP contribution in [0, 0.1) is 5.92 Å². The van der Waals surface area contributed by atoms with Crippen molar-refractivity contribution in [2.45, 2.75) is 108 Å². The maximum Gasteiger partial charge on any atom is 0.336 e. The van der Waals surface area contributed by atoms with Crippen LogP contribution in [0.2, 0.25) is 0 Å². The molecule has 3 aromatic rings. The molecular formula is C45H55N5O9. The van der Waals surface area contributed by atoms with Gasteiger partial charge >= 0.3 is 5.97 Å². The molecule has 5 rings (SSSR count). The molecule has 5 amide bonds.